The fourth-order valence-electron chi connectivity index (χ4n) is 4.46. The van der Waals surface area contributed by atoms with Gasteiger partial charge in [-0.25, -0.2) is 4.79 Å². The van der Waals surface area contributed by atoms with E-state index >= 15 is 0 Å². The molecule has 0 radical (unpaired) electrons. The van der Waals surface area contributed by atoms with Gasteiger partial charge in [0.05, 0.1) is 6.61 Å². The molecule has 5 heteroatoms. The second kappa shape index (κ2) is 10.8. The minimum absolute atomic E-state index is 0.271. The van der Waals surface area contributed by atoms with E-state index in [9.17, 15) is 9.90 Å². The summed E-state index contributed by atoms with van der Waals surface area (Å²) in [6.07, 6.45) is 5.06. The van der Waals surface area contributed by atoms with Gasteiger partial charge in [0, 0.05) is 21.9 Å². The Balaban J connectivity index is 1.32. The van der Waals surface area contributed by atoms with Crippen LogP contribution in [-0.2, 0) is 12.8 Å². The third-order valence-corrected chi connectivity index (χ3v) is 6.17. The first kappa shape index (κ1) is 23.2. The van der Waals surface area contributed by atoms with Crippen molar-refractivity contribution < 1.29 is 19.4 Å². The average molecular weight is 478 g/mol. The molecule has 5 aromatic rings. The first-order chi connectivity index (χ1) is 17.7. The smallest absolute Gasteiger partial charge is 0.493 e. The molecule has 0 bridgehead atoms. The van der Waals surface area contributed by atoms with E-state index in [0.29, 0.717) is 19.4 Å². The first-order valence-electron chi connectivity index (χ1n) is 12.0. The molecule has 0 aliphatic rings. The molecule has 180 valence electrons. The predicted octanol–water partition coefficient (Wildman–Crippen LogP) is 7.65. The number of carboxylic acid groups (broad SMARTS) is 1. The fraction of sp³-hybridized carbons (Fsp3) is 0.129. The molecule has 5 nitrogen and oxygen atoms in total. The molecule has 0 fully saturated rings. The normalized spacial score (nSPS) is 11.3. The van der Waals surface area contributed by atoms with E-state index in [4.69, 9.17) is 9.47 Å². The lowest BCUT2D eigenvalue weighted by Gasteiger charge is -2.09. The van der Waals surface area contributed by atoms with Crippen LogP contribution in [0.3, 0.4) is 0 Å². The molecule has 2 N–H and O–H groups in total. The zero-order valence-corrected chi connectivity index (χ0v) is 19.8. The Hall–Kier alpha value is -4.51. The number of carbonyl (C=O) groups is 1. The number of rotatable bonds is 9. The lowest BCUT2D eigenvalue weighted by atomic mass is 10.0. The minimum atomic E-state index is -1.34. The van der Waals surface area contributed by atoms with E-state index in [1.165, 1.54) is 5.56 Å². The lowest BCUT2D eigenvalue weighted by Crippen LogP contribution is -2.06. The van der Waals surface area contributed by atoms with Gasteiger partial charge < -0.3 is 19.6 Å². The number of aryl methyl sites for hydroxylation is 1. The van der Waals surface area contributed by atoms with Gasteiger partial charge in [-0.2, -0.15) is 0 Å². The monoisotopic (exact) mass is 477 g/mol. The predicted molar refractivity (Wildman–Crippen MR) is 144 cm³/mol. The topological polar surface area (TPSA) is 71.5 Å². The maximum Gasteiger partial charge on any atom is 0.512 e. The van der Waals surface area contributed by atoms with Crippen LogP contribution in [0.4, 0.5) is 4.79 Å². The third-order valence-electron chi connectivity index (χ3n) is 6.17. The highest BCUT2D eigenvalue weighted by Crippen LogP contribution is 2.31. The van der Waals surface area contributed by atoms with Gasteiger partial charge in [-0.3, -0.25) is 0 Å². The number of benzene rings is 4. The number of H-pyrrole nitrogens is 1. The number of hydrogen-bond acceptors (Lipinski definition) is 3. The third kappa shape index (κ3) is 5.41. The highest BCUT2D eigenvalue weighted by molar-refractivity contribution is 5.89. The van der Waals surface area contributed by atoms with Gasteiger partial charge in [0.25, 0.3) is 0 Å². The second-order valence-electron chi connectivity index (χ2n) is 8.63. The number of nitrogens with one attached hydrogen (secondary N) is 1. The number of fused-ring (bicyclic) bond motifs is 2. The molecule has 0 unspecified atom stereocenters. The van der Waals surface area contributed by atoms with Gasteiger partial charge in [0.2, 0.25) is 5.88 Å². The summed E-state index contributed by atoms with van der Waals surface area (Å²) in [5, 5.41) is 12.4. The largest absolute Gasteiger partial charge is 0.512 e. The Morgan fingerprint density at radius 3 is 2.56 bits per heavy atom. The van der Waals surface area contributed by atoms with Crippen LogP contribution in [0.25, 0.3) is 27.8 Å². The summed E-state index contributed by atoms with van der Waals surface area (Å²) in [6, 6.07) is 30.5. The molecule has 4 aromatic carbocycles. The number of ether oxygens (including phenoxy) is 2. The van der Waals surface area contributed by atoms with Crippen molar-refractivity contribution in [1.29, 1.82) is 0 Å². The number of aromatic amines is 1. The highest BCUT2D eigenvalue weighted by Gasteiger charge is 2.16. The molecule has 0 amide bonds. The Morgan fingerprint density at radius 1 is 0.889 bits per heavy atom. The van der Waals surface area contributed by atoms with E-state index in [1.807, 2.05) is 54.6 Å². The van der Waals surface area contributed by atoms with E-state index in [2.05, 4.69) is 53.5 Å². The zero-order chi connectivity index (χ0) is 24.7. The molecule has 36 heavy (non-hydrogen) atoms. The van der Waals surface area contributed by atoms with Crippen molar-refractivity contribution in [2.45, 2.75) is 19.3 Å². The molecule has 5 rings (SSSR count). The summed E-state index contributed by atoms with van der Waals surface area (Å²) in [7, 11) is 0. The van der Waals surface area contributed by atoms with Crippen LogP contribution in [0, 0.1) is 0 Å². The van der Waals surface area contributed by atoms with Crippen LogP contribution in [0.2, 0.25) is 0 Å². The van der Waals surface area contributed by atoms with Crippen LogP contribution < -0.4 is 9.47 Å². The minimum Gasteiger partial charge on any atom is -0.493 e. The van der Waals surface area contributed by atoms with Crippen molar-refractivity contribution in [3.8, 4) is 11.6 Å². The van der Waals surface area contributed by atoms with Crippen molar-refractivity contribution >= 4 is 33.9 Å². The number of allylic oxidation sites excluding steroid dienone is 1. The number of aromatic nitrogens is 1. The number of hydrogen-bond donors (Lipinski definition) is 2. The van der Waals surface area contributed by atoms with Crippen LogP contribution in [0.5, 0.6) is 11.6 Å². The molecule has 0 saturated carbocycles. The van der Waals surface area contributed by atoms with E-state index in [-0.39, 0.29) is 5.88 Å². The van der Waals surface area contributed by atoms with Crippen LogP contribution in [-0.4, -0.2) is 22.9 Å². The molecule has 0 spiro atoms. The van der Waals surface area contributed by atoms with Gasteiger partial charge in [-0.05, 0) is 54.0 Å². The summed E-state index contributed by atoms with van der Waals surface area (Å²) in [5.74, 6) is 1.12. The summed E-state index contributed by atoms with van der Waals surface area (Å²) in [4.78, 5) is 14.4. The van der Waals surface area contributed by atoms with Gasteiger partial charge in [0.15, 0.2) is 0 Å². The van der Waals surface area contributed by atoms with Crippen molar-refractivity contribution in [3.63, 3.8) is 0 Å². The van der Waals surface area contributed by atoms with E-state index in [0.717, 1.165) is 45.0 Å². The SMILES string of the molecule is O=C(O)Oc1[nH]c2ccc(/C=C/Cc3ccccc3)cc2c1CCCOc1cccc2ccccc12. The van der Waals surface area contributed by atoms with Gasteiger partial charge in [-0.1, -0.05) is 84.9 Å². The quantitative estimate of drug-likeness (QED) is 0.169. The molecule has 0 aliphatic heterocycles. The first-order valence-corrected chi connectivity index (χ1v) is 12.0. The zero-order valence-electron chi connectivity index (χ0n) is 19.8. The van der Waals surface area contributed by atoms with Crippen LogP contribution >= 0.6 is 0 Å². The summed E-state index contributed by atoms with van der Waals surface area (Å²) >= 11 is 0. The second-order valence-corrected chi connectivity index (χ2v) is 8.63. The molecule has 1 aromatic heterocycles. The Morgan fingerprint density at radius 2 is 1.69 bits per heavy atom. The lowest BCUT2D eigenvalue weighted by molar-refractivity contribution is 0.142. The van der Waals surface area contributed by atoms with Crippen molar-refractivity contribution in [1.82, 2.24) is 4.98 Å². The standard InChI is InChI=1S/C31H27NO4/c33-31(34)36-30-26(16-8-20-35-29-17-7-14-24-13-4-5-15-25(24)29)27-21-23(18-19-28(27)32-30)12-6-11-22-9-2-1-3-10-22/h1-7,9-10,12-15,17-19,21,32H,8,11,16,20H2,(H,33,34)/b12-6+. The highest BCUT2D eigenvalue weighted by atomic mass is 16.7. The Bertz CT molecular complexity index is 1510. The molecule has 0 atom stereocenters. The van der Waals surface area contributed by atoms with Crippen LogP contribution in [0.15, 0.2) is 97.1 Å². The van der Waals surface area contributed by atoms with Crippen molar-refractivity contribution in [2.75, 3.05) is 6.61 Å². The van der Waals surface area contributed by atoms with Gasteiger partial charge >= 0.3 is 6.16 Å². The fourth-order valence-corrected chi connectivity index (χ4v) is 4.46. The van der Waals surface area contributed by atoms with Crippen LogP contribution in [0.1, 0.15) is 23.1 Å². The molecule has 0 aliphatic carbocycles. The summed E-state index contributed by atoms with van der Waals surface area (Å²) in [5.41, 5.74) is 3.98. The summed E-state index contributed by atoms with van der Waals surface area (Å²) in [6.45, 7) is 0.504. The maximum atomic E-state index is 11.3. The van der Waals surface area contributed by atoms with E-state index < -0.39 is 6.16 Å². The average Bonchev–Trinajstić information content (AvgIpc) is 3.23. The molecular weight excluding hydrogens is 450 g/mol. The van der Waals surface area contributed by atoms with Crippen molar-refractivity contribution in [2.24, 2.45) is 0 Å². The maximum absolute atomic E-state index is 11.3. The van der Waals surface area contributed by atoms with E-state index in [1.54, 1.807) is 0 Å². The summed E-state index contributed by atoms with van der Waals surface area (Å²) < 4.78 is 11.2. The van der Waals surface area contributed by atoms with Crippen molar-refractivity contribution in [3.05, 3.63) is 114 Å². The molecular formula is C31H27NO4. The van der Waals surface area contributed by atoms with Gasteiger partial charge in [0.1, 0.15) is 5.75 Å². The Labute approximate surface area is 209 Å². The Kier molecular flexibility index (Phi) is 6.99. The molecule has 1 heterocycles. The van der Waals surface area contributed by atoms with Gasteiger partial charge in [-0.15, -0.1) is 0 Å². The molecule has 0 saturated heterocycles.